The molecule has 0 N–H and O–H groups in total. The zero-order chi connectivity index (χ0) is 28.7. The van der Waals surface area contributed by atoms with Crippen molar-refractivity contribution >= 4 is 23.0 Å². The molecule has 5 rings (SSSR count). The molecular weight excluding hydrogens is 549 g/mol. The van der Waals surface area contributed by atoms with Gasteiger partial charge in [0, 0.05) is 68.2 Å². The van der Waals surface area contributed by atoms with Crippen molar-refractivity contribution in [1.29, 1.82) is 0 Å². The van der Waals surface area contributed by atoms with Crippen LogP contribution in [0.2, 0.25) is 5.02 Å². The first-order valence-electron chi connectivity index (χ1n) is 13.5. The van der Waals surface area contributed by atoms with E-state index < -0.39 is 23.8 Å². The molecule has 0 radical (unpaired) electrons. The average molecular weight is 582 g/mol. The number of piperazine rings is 1. The van der Waals surface area contributed by atoms with Crippen molar-refractivity contribution in [2.75, 3.05) is 55.6 Å². The smallest absolute Gasteiger partial charge is 0.369 e. The van der Waals surface area contributed by atoms with Crippen LogP contribution in [0.1, 0.15) is 37.1 Å². The minimum atomic E-state index is -4.47. The van der Waals surface area contributed by atoms with Crippen molar-refractivity contribution in [2.45, 2.75) is 44.8 Å². The quantitative estimate of drug-likeness (QED) is 0.289. The minimum Gasteiger partial charge on any atom is -0.369 e. The van der Waals surface area contributed by atoms with Gasteiger partial charge in [-0.3, -0.25) is 9.58 Å². The van der Waals surface area contributed by atoms with Crippen LogP contribution in [-0.2, 0) is 6.18 Å². The minimum absolute atomic E-state index is 0.123. The lowest BCUT2D eigenvalue weighted by atomic mass is 9.99. The Labute approximate surface area is 236 Å². The van der Waals surface area contributed by atoms with Crippen molar-refractivity contribution in [1.82, 2.24) is 14.7 Å². The van der Waals surface area contributed by atoms with Crippen LogP contribution in [0, 0.1) is 6.92 Å². The molecule has 2 fully saturated rings. The van der Waals surface area contributed by atoms with Gasteiger partial charge in [0.1, 0.15) is 5.69 Å². The fourth-order valence-corrected chi connectivity index (χ4v) is 6.04. The zero-order valence-electron chi connectivity index (χ0n) is 22.6. The van der Waals surface area contributed by atoms with Gasteiger partial charge in [0.25, 0.3) is 5.92 Å². The lowest BCUT2D eigenvalue weighted by molar-refractivity contribution is -0.145. The molecular formula is C29H33ClF5N5. The van der Waals surface area contributed by atoms with Crippen molar-refractivity contribution in [3.05, 3.63) is 64.9 Å². The molecule has 11 heteroatoms. The van der Waals surface area contributed by atoms with Gasteiger partial charge in [-0.05, 0) is 55.2 Å². The number of piperidine rings is 1. The number of nitrogens with zero attached hydrogens (tertiary/aromatic N) is 5. The van der Waals surface area contributed by atoms with E-state index in [0.717, 1.165) is 40.5 Å². The summed E-state index contributed by atoms with van der Waals surface area (Å²) >= 11 is 6.39. The van der Waals surface area contributed by atoms with E-state index in [4.69, 9.17) is 11.6 Å². The second kappa shape index (κ2) is 11.2. The molecule has 40 heavy (non-hydrogen) atoms. The summed E-state index contributed by atoms with van der Waals surface area (Å²) in [6.45, 7) is 5.74. The van der Waals surface area contributed by atoms with Crippen LogP contribution in [0.15, 0.2) is 48.7 Å². The van der Waals surface area contributed by atoms with Gasteiger partial charge in [0.15, 0.2) is 0 Å². The van der Waals surface area contributed by atoms with Crippen molar-refractivity contribution in [3.8, 4) is 11.1 Å². The van der Waals surface area contributed by atoms with E-state index in [2.05, 4.69) is 14.9 Å². The molecule has 2 saturated heterocycles. The predicted octanol–water partition coefficient (Wildman–Crippen LogP) is 7.15. The van der Waals surface area contributed by atoms with Gasteiger partial charge in [-0.25, -0.2) is 8.78 Å². The number of rotatable bonds is 6. The number of hydrogen-bond donors (Lipinski definition) is 0. The third kappa shape index (κ3) is 6.38. The molecule has 2 aliphatic rings. The number of aryl methyl sites for hydroxylation is 1. The van der Waals surface area contributed by atoms with Crippen LogP contribution in [0.25, 0.3) is 11.1 Å². The number of alkyl halides is 5. The maximum Gasteiger partial charge on any atom is 0.433 e. The van der Waals surface area contributed by atoms with Gasteiger partial charge < -0.3 is 9.80 Å². The number of halogens is 6. The summed E-state index contributed by atoms with van der Waals surface area (Å²) in [6.07, 6.45) is -1.86. The Balaban J connectivity index is 1.34. The van der Waals surface area contributed by atoms with Crippen molar-refractivity contribution < 1.29 is 22.0 Å². The third-order valence-corrected chi connectivity index (χ3v) is 7.94. The summed E-state index contributed by atoms with van der Waals surface area (Å²) in [5, 5.41) is 4.66. The molecule has 0 spiro atoms. The molecule has 1 aromatic heterocycles. The van der Waals surface area contributed by atoms with Crippen molar-refractivity contribution in [2.24, 2.45) is 0 Å². The lowest BCUT2D eigenvalue weighted by Gasteiger charge is -2.37. The maximum absolute atomic E-state index is 13.8. The van der Waals surface area contributed by atoms with Crippen LogP contribution in [0.4, 0.5) is 33.3 Å². The molecule has 216 valence electrons. The Morgan fingerprint density at radius 3 is 2.27 bits per heavy atom. The molecule has 3 heterocycles. The number of hydrogen-bond acceptors (Lipinski definition) is 4. The first-order valence-corrected chi connectivity index (χ1v) is 13.9. The molecule has 2 aromatic carbocycles. The Hall–Kier alpha value is -2.85. The van der Waals surface area contributed by atoms with Gasteiger partial charge >= 0.3 is 6.18 Å². The highest BCUT2D eigenvalue weighted by atomic mass is 35.5. The monoisotopic (exact) mass is 581 g/mol. The number of aromatic nitrogens is 2. The topological polar surface area (TPSA) is 27.5 Å². The van der Waals surface area contributed by atoms with Crippen LogP contribution in [0.3, 0.4) is 0 Å². The van der Waals surface area contributed by atoms with E-state index in [0.29, 0.717) is 50.7 Å². The Kier molecular flexibility index (Phi) is 8.03. The van der Waals surface area contributed by atoms with Crippen LogP contribution in [-0.4, -0.2) is 66.4 Å². The standard InChI is InChI=1S/C29H33ClF5N5/c1-20-17-36-40(27(20)29(33,34)35)24-4-3-11-39(18-24)26-16-22(30)7-10-25(26)21-5-8-23(9-6-21)38-14-12-37(13-15-38)19-28(2,31)32/h5-10,16-17,24H,3-4,11-15,18-19H2,1-2H3. The fourth-order valence-electron chi connectivity index (χ4n) is 5.87. The Bertz CT molecular complexity index is 1310. The molecule has 1 unspecified atom stereocenters. The summed E-state index contributed by atoms with van der Waals surface area (Å²) in [7, 11) is 0. The molecule has 2 aliphatic heterocycles. The average Bonchev–Trinajstić information content (AvgIpc) is 3.30. The van der Waals surface area contributed by atoms with Crippen LogP contribution < -0.4 is 9.80 Å². The van der Waals surface area contributed by atoms with E-state index in [1.165, 1.54) is 13.1 Å². The van der Waals surface area contributed by atoms with Gasteiger partial charge in [0.05, 0.1) is 18.8 Å². The number of benzene rings is 2. The zero-order valence-corrected chi connectivity index (χ0v) is 23.3. The largest absolute Gasteiger partial charge is 0.433 e. The molecule has 0 amide bonds. The Morgan fingerprint density at radius 2 is 1.62 bits per heavy atom. The lowest BCUT2D eigenvalue weighted by Crippen LogP contribution is -2.49. The van der Waals surface area contributed by atoms with E-state index in [9.17, 15) is 22.0 Å². The number of anilines is 2. The van der Waals surface area contributed by atoms with Crippen molar-refractivity contribution in [3.63, 3.8) is 0 Å². The first-order chi connectivity index (χ1) is 18.9. The summed E-state index contributed by atoms with van der Waals surface area (Å²) in [6, 6.07) is 13.3. The van der Waals surface area contributed by atoms with Crippen LogP contribution in [0.5, 0.6) is 0 Å². The summed E-state index contributed by atoms with van der Waals surface area (Å²) in [5.41, 5.74) is 3.24. The molecule has 0 bridgehead atoms. The highest BCUT2D eigenvalue weighted by Gasteiger charge is 2.39. The normalized spacial score (nSPS) is 19.4. The molecule has 0 saturated carbocycles. The van der Waals surface area contributed by atoms with E-state index >= 15 is 0 Å². The van der Waals surface area contributed by atoms with E-state index in [-0.39, 0.29) is 12.1 Å². The second-order valence-corrected chi connectivity index (χ2v) is 11.3. The highest BCUT2D eigenvalue weighted by molar-refractivity contribution is 6.31. The molecule has 0 aliphatic carbocycles. The SMILES string of the molecule is Cc1cnn(C2CCCN(c3cc(Cl)ccc3-c3ccc(N4CCN(CC(C)(F)F)CC4)cc3)C2)c1C(F)(F)F. The van der Waals surface area contributed by atoms with Gasteiger partial charge in [-0.1, -0.05) is 29.8 Å². The van der Waals surface area contributed by atoms with Gasteiger partial charge in [-0.2, -0.15) is 18.3 Å². The van der Waals surface area contributed by atoms with Gasteiger partial charge in [0.2, 0.25) is 0 Å². The maximum atomic E-state index is 13.8. The third-order valence-electron chi connectivity index (χ3n) is 7.71. The second-order valence-electron chi connectivity index (χ2n) is 10.9. The summed E-state index contributed by atoms with van der Waals surface area (Å²) in [5.74, 6) is -2.70. The van der Waals surface area contributed by atoms with Gasteiger partial charge in [-0.15, -0.1) is 0 Å². The summed E-state index contributed by atoms with van der Waals surface area (Å²) < 4.78 is 69.2. The first kappa shape index (κ1) is 28.7. The molecule has 3 aromatic rings. The van der Waals surface area contributed by atoms with E-state index in [1.54, 1.807) is 4.90 Å². The van der Waals surface area contributed by atoms with Crippen LogP contribution >= 0.6 is 11.6 Å². The highest BCUT2D eigenvalue weighted by Crippen LogP contribution is 2.39. The fraction of sp³-hybridized carbons (Fsp3) is 0.483. The van der Waals surface area contributed by atoms with E-state index in [1.807, 2.05) is 42.5 Å². The predicted molar refractivity (Wildman–Crippen MR) is 149 cm³/mol. The molecule has 1 atom stereocenters. The molecule has 5 nitrogen and oxygen atoms in total. The summed E-state index contributed by atoms with van der Waals surface area (Å²) in [4.78, 5) is 6.08. The Morgan fingerprint density at radius 1 is 0.925 bits per heavy atom.